The zero-order chi connectivity index (χ0) is 8.27. The molecule has 0 unspecified atom stereocenters. The lowest BCUT2D eigenvalue weighted by atomic mass is 10.2. The van der Waals surface area contributed by atoms with E-state index in [0.29, 0.717) is 5.69 Å². The summed E-state index contributed by atoms with van der Waals surface area (Å²) >= 11 is 0. The molecule has 0 atom stereocenters. The lowest BCUT2D eigenvalue weighted by molar-refractivity contribution is -0.132. The van der Waals surface area contributed by atoms with E-state index in [9.17, 15) is 4.79 Å². The summed E-state index contributed by atoms with van der Waals surface area (Å²) < 4.78 is 4.26. The molecule has 11 heavy (non-hydrogen) atoms. The van der Waals surface area contributed by atoms with Crippen LogP contribution in [0.4, 0.5) is 0 Å². The fourth-order valence-corrected chi connectivity index (χ4v) is 0.556. The fourth-order valence-electron chi connectivity index (χ4n) is 0.556. The van der Waals surface area contributed by atoms with E-state index >= 15 is 0 Å². The Balaban J connectivity index is 2.57. The normalized spacial score (nSPS) is 9.45. The summed E-state index contributed by atoms with van der Waals surface area (Å²) in [4.78, 5) is 10.2. The van der Waals surface area contributed by atoms with E-state index in [2.05, 4.69) is 21.5 Å². The Morgan fingerprint density at radius 1 is 1.82 bits per heavy atom. The second kappa shape index (κ2) is 2.96. The van der Waals surface area contributed by atoms with Gasteiger partial charge in [0.05, 0.1) is 6.20 Å². The molecule has 58 valence electrons. The molecule has 1 rings (SSSR count). The number of carboxylic acids is 1. The summed E-state index contributed by atoms with van der Waals surface area (Å²) in [6.45, 7) is 3.32. The van der Waals surface area contributed by atoms with Crippen molar-refractivity contribution in [1.29, 1.82) is 0 Å². The molecule has 0 aliphatic carbocycles. The van der Waals surface area contributed by atoms with Crippen LogP contribution < -0.4 is 0 Å². The molecule has 0 saturated carbocycles. The SMILES string of the molecule is C=C(Cc1cnon1)C(=O)O. The number of hydrogen-bond acceptors (Lipinski definition) is 4. The topological polar surface area (TPSA) is 76.2 Å². The molecular formula is C6H6N2O3. The first-order valence-electron chi connectivity index (χ1n) is 2.87. The maximum absolute atomic E-state index is 10.2. The molecule has 1 N–H and O–H groups in total. The minimum Gasteiger partial charge on any atom is -0.478 e. The van der Waals surface area contributed by atoms with Crippen molar-refractivity contribution in [3.8, 4) is 0 Å². The van der Waals surface area contributed by atoms with Gasteiger partial charge in [0.15, 0.2) is 0 Å². The minimum absolute atomic E-state index is 0.0701. The highest BCUT2D eigenvalue weighted by Gasteiger charge is 2.06. The van der Waals surface area contributed by atoms with Crippen molar-refractivity contribution in [2.24, 2.45) is 0 Å². The van der Waals surface area contributed by atoms with E-state index < -0.39 is 5.97 Å². The van der Waals surface area contributed by atoms with Gasteiger partial charge in [-0.25, -0.2) is 9.42 Å². The van der Waals surface area contributed by atoms with Crippen LogP contribution >= 0.6 is 0 Å². The Hall–Kier alpha value is -1.65. The highest BCUT2D eigenvalue weighted by molar-refractivity contribution is 5.86. The highest BCUT2D eigenvalue weighted by Crippen LogP contribution is 2.01. The molecule has 1 heterocycles. The standard InChI is InChI=1S/C6H6N2O3/c1-4(6(9)10)2-5-3-7-11-8-5/h3H,1-2H2,(H,9,10). The van der Waals surface area contributed by atoms with Gasteiger partial charge in [0.2, 0.25) is 0 Å². The van der Waals surface area contributed by atoms with Gasteiger partial charge in [0, 0.05) is 12.0 Å². The Kier molecular flexibility index (Phi) is 2.00. The van der Waals surface area contributed by atoms with Crippen LogP contribution in [0.1, 0.15) is 5.69 Å². The molecule has 1 aromatic rings. The highest BCUT2D eigenvalue weighted by atomic mass is 16.6. The van der Waals surface area contributed by atoms with Gasteiger partial charge in [-0.05, 0) is 0 Å². The summed E-state index contributed by atoms with van der Waals surface area (Å²) in [6.07, 6.45) is 1.52. The van der Waals surface area contributed by atoms with Gasteiger partial charge in [0.25, 0.3) is 0 Å². The van der Waals surface area contributed by atoms with Gasteiger partial charge >= 0.3 is 5.97 Å². The van der Waals surface area contributed by atoms with Gasteiger partial charge in [0.1, 0.15) is 5.69 Å². The molecule has 0 aliphatic heterocycles. The maximum Gasteiger partial charge on any atom is 0.331 e. The van der Waals surface area contributed by atoms with E-state index in [0.717, 1.165) is 0 Å². The van der Waals surface area contributed by atoms with Crippen LogP contribution in [0.2, 0.25) is 0 Å². The first-order chi connectivity index (χ1) is 5.20. The second-order valence-corrected chi connectivity index (χ2v) is 1.98. The summed E-state index contributed by atoms with van der Waals surface area (Å²) in [5.74, 6) is -1.03. The average Bonchev–Trinajstić information content (AvgIpc) is 2.39. The minimum atomic E-state index is -1.03. The van der Waals surface area contributed by atoms with Gasteiger partial charge in [-0.2, -0.15) is 0 Å². The van der Waals surface area contributed by atoms with Gasteiger partial charge in [-0.1, -0.05) is 16.9 Å². The molecule has 0 aromatic carbocycles. The summed E-state index contributed by atoms with van der Waals surface area (Å²) in [6, 6.07) is 0. The third-order valence-electron chi connectivity index (χ3n) is 1.10. The number of nitrogens with zero attached hydrogens (tertiary/aromatic N) is 2. The Labute approximate surface area is 62.3 Å². The maximum atomic E-state index is 10.2. The molecule has 0 spiro atoms. The number of carboxylic acid groups (broad SMARTS) is 1. The Bertz CT molecular complexity index is 265. The van der Waals surface area contributed by atoms with Crippen LogP contribution in [-0.2, 0) is 11.2 Å². The van der Waals surface area contributed by atoms with Crippen LogP contribution in [0.25, 0.3) is 0 Å². The molecule has 0 saturated heterocycles. The molecule has 5 nitrogen and oxygen atoms in total. The van der Waals surface area contributed by atoms with Crippen LogP contribution in [0, 0.1) is 0 Å². The monoisotopic (exact) mass is 154 g/mol. The van der Waals surface area contributed by atoms with Crippen molar-refractivity contribution >= 4 is 5.97 Å². The van der Waals surface area contributed by atoms with E-state index in [1.54, 1.807) is 0 Å². The first-order valence-corrected chi connectivity index (χ1v) is 2.87. The zero-order valence-electron chi connectivity index (χ0n) is 5.65. The molecule has 0 bridgehead atoms. The van der Waals surface area contributed by atoms with Crippen LogP contribution in [0.5, 0.6) is 0 Å². The van der Waals surface area contributed by atoms with Crippen LogP contribution in [0.15, 0.2) is 23.0 Å². The van der Waals surface area contributed by atoms with Crippen molar-refractivity contribution in [3.05, 3.63) is 24.0 Å². The van der Waals surface area contributed by atoms with Crippen molar-refractivity contribution in [2.75, 3.05) is 0 Å². The number of rotatable bonds is 3. The van der Waals surface area contributed by atoms with Crippen molar-refractivity contribution in [2.45, 2.75) is 6.42 Å². The number of aromatic nitrogens is 2. The number of aliphatic carboxylic acids is 1. The van der Waals surface area contributed by atoms with Gasteiger partial charge < -0.3 is 5.11 Å². The molecule has 0 aliphatic rings. The van der Waals surface area contributed by atoms with E-state index in [1.807, 2.05) is 0 Å². The number of hydrogen-bond donors (Lipinski definition) is 1. The quantitative estimate of drug-likeness (QED) is 0.631. The summed E-state index contributed by atoms with van der Waals surface area (Å²) in [5, 5.41) is 15.1. The first kappa shape index (κ1) is 7.46. The molecule has 1 aromatic heterocycles. The van der Waals surface area contributed by atoms with Crippen molar-refractivity contribution in [3.63, 3.8) is 0 Å². The third-order valence-corrected chi connectivity index (χ3v) is 1.10. The zero-order valence-corrected chi connectivity index (χ0v) is 5.65. The number of carbonyl (C=O) groups is 1. The lowest BCUT2D eigenvalue weighted by Gasteiger charge is -1.92. The van der Waals surface area contributed by atoms with E-state index in [-0.39, 0.29) is 12.0 Å². The fraction of sp³-hybridized carbons (Fsp3) is 0.167. The van der Waals surface area contributed by atoms with Crippen LogP contribution in [-0.4, -0.2) is 21.4 Å². The van der Waals surface area contributed by atoms with E-state index in [4.69, 9.17) is 5.11 Å². The predicted molar refractivity (Wildman–Crippen MR) is 34.8 cm³/mol. The second-order valence-electron chi connectivity index (χ2n) is 1.98. The molecule has 0 fully saturated rings. The molecular weight excluding hydrogens is 148 g/mol. The molecule has 0 amide bonds. The molecule has 0 radical (unpaired) electrons. The third kappa shape index (κ3) is 1.89. The summed E-state index contributed by atoms with van der Waals surface area (Å²) in [7, 11) is 0. The van der Waals surface area contributed by atoms with Crippen molar-refractivity contribution in [1.82, 2.24) is 10.3 Å². The lowest BCUT2D eigenvalue weighted by Crippen LogP contribution is -2.01. The van der Waals surface area contributed by atoms with Gasteiger partial charge in [-0.3, -0.25) is 0 Å². The van der Waals surface area contributed by atoms with Gasteiger partial charge in [-0.15, -0.1) is 0 Å². The smallest absolute Gasteiger partial charge is 0.331 e. The Morgan fingerprint density at radius 3 is 3.00 bits per heavy atom. The van der Waals surface area contributed by atoms with Crippen molar-refractivity contribution < 1.29 is 14.5 Å². The van der Waals surface area contributed by atoms with E-state index in [1.165, 1.54) is 6.20 Å². The predicted octanol–water partition coefficient (Wildman–Crippen LogP) is 0.253. The largest absolute Gasteiger partial charge is 0.478 e. The average molecular weight is 154 g/mol. The van der Waals surface area contributed by atoms with Crippen LogP contribution in [0.3, 0.4) is 0 Å². The Morgan fingerprint density at radius 2 is 2.55 bits per heavy atom. The molecule has 5 heteroatoms. The summed E-state index contributed by atoms with van der Waals surface area (Å²) in [5.41, 5.74) is 0.540.